The molecule has 1 aromatic heterocycles. The summed E-state index contributed by atoms with van der Waals surface area (Å²) in [5.74, 6) is 0.487. The number of carbonyl (C=O) groups is 1. The summed E-state index contributed by atoms with van der Waals surface area (Å²) < 4.78 is 1.79. The number of aliphatic hydroxyl groups is 1. The lowest BCUT2D eigenvalue weighted by Crippen LogP contribution is -2.48. The molecule has 0 bridgehead atoms. The van der Waals surface area contributed by atoms with E-state index < -0.39 is 0 Å². The molecule has 1 unspecified atom stereocenters. The van der Waals surface area contributed by atoms with Gasteiger partial charge in [0, 0.05) is 18.8 Å². The molecule has 2 N–H and O–H groups in total. The van der Waals surface area contributed by atoms with Crippen molar-refractivity contribution in [1.82, 2.24) is 14.7 Å². The van der Waals surface area contributed by atoms with Gasteiger partial charge in [0.15, 0.2) is 5.82 Å². The van der Waals surface area contributed by atoms with E-state index in [0.29, 0.717) is 5.82 Å². The quantitative estimate of drug-likeness (QED) is 0.893. The van der Waals surface area contributed by atoms with Gasteiger partial charge in [-0.3, -0.25) is 5.32 Å². The van der Waals surface area contributed by atoms with Gasteiger partial charge in [-0.25, -0.2) is 9.48 Å². The van der Waals surface area contributed by atoms with Gasteiger partial charge < -0.3 is 10.0 Å². The molecule has 25 heavy (non-hydrogen) atoms. The third-order valence-electron chi connectivity index (χ3n) is 4.36. The smallest absolute Gasteiger partial charge is 0.323 e. The van der Waals surface area contributed by atoms with Crippen molar-refractivity contribution in [3.63, 3.8) is 0 Å². The van der Waals surface area contributed by atoms with Gasteiger partial charge in [0.25, 0.3) is 0 Å². The van der Waals surface area contributed by atoms with Crippen molar-refractivity contribution in [2.75, 3.05) is 19.0 Å². The Morgan fingerprint density at radius 1 is 1.28 bits per heavy atom. The highest BCUT2D eigenvalue weighted by Gasteiger charge is 2.30. The first kappa shape index (κ1) is 19.0. The molecule has 0 aliphatic heterocycles. The second kappa shape index (κ2) is 7.27. The zero-order valence-electron chi connectivity index (χ0n) is 15.9. The topological polar surface area (TPSA) is 70.4 Å². The van der Waals surface area contributed by atoms with Gasteiger partial charge in [-0.15, -0.1) is 5.10 Å². The molecule has 0 saturated heterocycles. The summed E-state index contributed by atoms with van der Waals surface area (Å²) >= 11 is 0. The van der Waals surface area contributed by atoms with Crippen LogP contribution in [0.5, 0.6) is 0 Å². The molecule has 1 aromatic carbocycles. The fraction of sp³-hybridized carbons (Fsp3) is 0.474. The first-order valence-corrected chi connectivity index (χ1v) is 8.42. The number of hydrogen-bond acceptors (Lipinski definition) is 3. The average molecular weight is 344 g/mol. The van der Waals surface area contributed by atoms with Crippen LogP contribution >= 0.6 is 0 Å². The summed E-state index contributed by atoms with van der Waals surface area (Å²) in [6.45, 7) is 9.87. The number of nitrogens with one attached hydrogen (secondary N) is 1. The summed E-state index contributed by atoms with van der Waals surface area (Å²) in [5, 5.41) is 16.9. The van der Waals surface area contributed by atoms with Crippen LogP contribution in [-0.2, 0) is 0 Å². The molecular formula is C19H28N4O2. The zero-order chi connectivity index (χ0) is 18.8. The zero-order valence-corrected chi connectivity index (χ0v) is 15.9. The highest BCUT2D eigenvalue weighted by Crippen LogP contribution is 2.24. The predicted octanol–water partition coefficient (Wildman–Crippen LogP) is 3.36. The van der Waals surface area contributed by atoms with Crippen LogP contribution in [0.3, 0.4) is 0 Å². The van der Waals surface area contributed by atoms with Gasteiger partial charge in [-0.05, 0) is 31.4 Å². The summed E-state index contributed by atoms with van der Waals surface area (Å²) in [7, 11) is 1.69. The van der Waals surface area contributed by atoms with E-state index in [1.165, 1.54) is 10.5 Å². The number of urea groups is 1. The van der Waals surface area contributed by atoms with Crippen LogP contribution in [0.25, 0.3) is 5.69 Å². The summed E-state index contributed by atoms with van der Waals surface area (Å²) in [4.78, 5) is 14.0. The molecule has 2 rings (SSSR count). The van der Waals surface area contributed by atoms with Crippen molar-refractivity contribution in [2.45, 2.75) is 40.7 Å². The van der Waals surface area contributed by atoms with Crippen LogP contribution in [0, 0.1) is 19.3 Å². The minimum atomic E-state index is -0.289. The summed E-state index contributed by atoms with van der Waals surface area (Å²) in [6.07, 6.45) is 0. The molecule has 0 aliphatic rings. The van der Waals surface area contributed by atoms with Crippen molar-refractivity contribution >= 4 is 11.8 Å². The second-order valence-corrected chi connectivity index (χ2v) is 7.52. The van der Waals surface area contributed by atoms with Crippen LogP contribution in [0.15, 0.2) is 30.3 Å². The SMILES string of the molecule is Cc1ccc(-n2nc(NC(=O)N(C)C(CO)C(C)(C)C)cc2C)cc1. The lowest BCUT2D eigenvalue weighted by atomic mass is 9.86. The van der Waals surface area contributed by atoms with Crippen molar-refractivity contribution in [3.8, 4) is 5.69 Å². The van der Waals surface area contributed by atoms with Crippen molar-refractivity contribution < 1.29 is 9.90 Å². The Bertz CT molecular complexity index is 729. The van der Waals surface area contributed by atoms with Crippen molar-refractivity contribution in [3.05, 3.63) is 41.6 Å². The maximum Gasteiger partial charge on any atom is 0.323 e. The number of aryl methyl sites for hydroxylation is 2. The van der Waals surface area contributed by atoms with Crippen LogP contribution in [0.4, 0.5) is 10.6 Å². The number of hydrogen-bond donors (Lipinski definition) is 2. The van der Waals surface area contributed by atoms with Crippen molar-refractivity contribution in [1.29, 1.82) is 0 Å². The highest BCUT2D eigenvalue weighted by molar-refractivity contribution is 5.88. The molecule has 6 heteroatoms. The number of rotatable bonds is 4. The van der Waals surface area contributed by atoms with E-state index in [9.17, 15) is 9.90 Å². The summed E-state index contributed by atoms with van der Waals surface area (Å²) in [5.41, 5.74) is 2.83. The van der Waals surface area contributed by atoms with E-state index in [0.717, 1.165) is 11.4 Å². The predicted molar refractivity (Wildman–Crippen MR) is 100 cm³/mol. The Morgan fingerprint density at radius 2 is 1.88 bits per heavy atom. The Labute approximate surface area is 149 Å². The molecule has 0 radical (unpaired) electrons. The third-order valence-corrected chi connectivity index (χ3v) is 4.36. The van der Waals surface area contributed by atoms with Gasteiger partial charge in [-0.2, -0.15) is 0 Å². The minimum Gasteiger partial charge on any atom is -0.394 e. The molecule has 0 fully saturated rings. The number of carbonyl (C=O) groups excluding carboxylic acids is 1. The van der Waals surface area contributed by atoms with Crippen molar-refractivity contribution in [2.24, 2.45) is 5.41 Å². The first-order chi connectivity index (χ1) is 11.6. The maximum atomic E-state index is 12.5. The molecule has 1 atom stereocenters. The van der Waals surface area contributed by atoms with Gasteiger partial charge in [-0.1, -0.05) is 38.5 Å². The molecule has 0 saturated carbocycles. The number of aliphatic hydroxyl groups excluding tert-OH is 1. The van der Waals surface area contributed by atoms with E-state index in [4.69, 9.17) is 0 Å². The summed E-state index contributed by atoms with van der Waals surface area (Å²) in [6, 6.07) is 9.30. The first-order valence-electron chi connectivity index (χ1n) is 8.42. The molecule has 6 nitrogen and oxygen atoms in total. The molecule has 2 amide bonds. The van der Waals surface area contributed by atoms with Gasteiger partial charge >= 0.3 is 6.03 Å². The Balaban J connectivity index is 2.17. The minimum absolute atomic E-state index is 0.0930. The largest absolute Gasteiger partial charge is 0.394 e. The van der Waals surface area contributed by atoms with Gasteiger partial charge in [0.1, 0.15) is 0 Å². The fourth-order valence-electron chi connectivity index (χ4n) is 2.80. The number of likely N-dealkylation sites (N-methyl/N-ethyl adjacent to an activating group) is 1. The van der Waals surface area contributed by atoms with Crippen LogP contribution in [0.1, 0.15) is 32.0 Å². The molecule has 2 aromatic rings. The normalized spacial score (nSPS) is 12.8. The number of nitrogens with zero attached hydrogens (tertiary/aromatic N) is 3. The van der Waals surface area contributed by atoms with Gasteiger partial charge in [0.2, 0.25) is 0 Å². The highest BCUT2D eigenvalue weighted by atomic mass is 16.3. The van der Waals surface area contributed by atoms with Gasteiger partial charge in [0.05, 0.1) is 18.3 Å². The molecule has 0 spiro atoms. The average Bonchev–Trinajstić information content (AvgIpc) is 2.87. The molecule has 1 heterocycles. The molecule has 0 aliphatic carbocycles. The van der Waals surface area contributed by atoms with Crippen LogP contribution in [-0.4, -0.2) is 45.5 Å². The number of benzene rings is 1. The second-order valence-electron chi connectivity index (χ2n) is 7.52. The van der Waals surface area contributed by atoms with E-state index in [1.807, 2.05) is 65.0 Å². The Morgan fingerprint density at radius 3 is 2.40 bits per heavy atom. The lowest BCUT2D eigenvalue weighted by Gasteiger charge is -2.36. The number of amides is 2. The number of anilines is 1. The van der Waals surface area contributed by atoms with E-state index >= 15 is 0 Å². The maximum absolute atomic E-state index is 12.5. The van der Waals surface area contributed by atoms with Crippen LogP contribution in [0.2, 0.25) is 0 Å². The standard InChI is InChI=1S/C19H28N4O2/c1-13-7-9-15(10-8-13)23-14(2)11-17(21-23)20-18(25)22(6)16(12-24)19(3,4)5/h7-11,16,24H,12H2,1-6H3,(H,20,21,25). The fourth-order valence-corrected chi connectivity index (χ4v) is 2.80. The lowest BCUT2D eigenvalue weighted by molar-refractivity contribution is 0.0885. The molecule has 136 valence electrons. The number of aromatic nitrogens is 2. The van der Waals surface area contributed by atoms with Crippen LogP contribution < -0.4 is 5.32 Å². The van der Waals surface area contributed by atoms with E-state index in [1.54, 1.807) is 11.7 Å². The Hall–Kier alpha value is -2.34. The van der Waals surface area contributed by atoms with E-state index in [2.05, 4.69) is 10.4 Å². The molecular weight excluding hydrogens is 316 g/mol. The third kappa shape index (κ3) is 4.39. The Kier molecular flexibility index (Phi) is 5.52. The van der Waals surface area contributed by atoms with E-state index in [-0.39, 0.29) is 24.1 Å². The monoisotopic (exact) mass is 344 g/mol.